The summed E-state index contributed by atoms with van der Waals surface area (Å²) in [6, 6.07) is 12.8. The number of rotatable bonds is 5. The quantitative estimate of drug-likeness (QED) is 0.736. The number of thiophene rings is 1. The Morgan fingerprint density at radius 2 is 1.83 bits per heavy atom. The maximum Gasteiger partial charge on any atom is 0.315 e. The van der Waals surface area contributed by atoms with Gasteiger partial charge >= 0.3 is 6.03 Å². The highest BCUT2D eigenvalue weighted by atomic mass is 32.1. The van der Waals surface area contributed by atoms with Crippen molar-refractivity contribution in [1.29, 1.82) is 0 Å². The molecular weight excluding hydrogens is 324 g/mol. The van der Waals surface area contributed by atoms with Gasteiger partial charge in [0.05, 0.1) is 12.1 Å². The van der Waals surface area contributed by atoms with Crippen molar-refractivity contribution in [2.45, 2.75) is 25.9 Å². The van der Waals surface area contributed by atoms with Gasteiger partial charge in [-0.15, -0.1) is 11.3 Å². The van der Waals surface area contributed by atoms with Crippen LogP contribution in [0.3, 0.4) is 0 Å². The fourth-order valence-electron chi connectivity index (χ4n) is 2.22. The number of nitrogens with zero attached hydrogens (tertiary/aromatic N) is 2. The fraction of sp³-hybridized carbons (Fsp3) is 0.235. The zero-order valence-corrected chi connectivity index (χ0v) is 14.2. The van der Waals surface area contributed by atoms with Crippen molar-refractivity contribution in [2.75, 3.05) is 0 Å². The molecule has 2 aromatic heterocycles. The number of carbonyl (C=O) groups is 1. The van der Waals surface area contributed by atoms with Crippen LogP contribution >= 0.6 is 11.3 Å². The summed E-state index contributed by atoms with van der Waals surface area (Å²) >= 11 is 1.61. The van der Waals surface area contributed by atoms with Gasteiger partial charge in [0.1, 0.15) is 0 Å². The Morgan fingerprint density at radius 3 is 2.54 bits per heavy atom. The molecule has 3 rings (SSSR count). The smallest absolute Gasteiger partial charge is 0.315 e. The summed E-state index contributed by atoms with van der Waals surface area (Å²) in [5.41, 5.74) is 0.846. The van der Waals surface area contributed by atoms with Gasteiger partial charge in [0.15, 0.2) is 5.82 Å². The number of aromatic nitrogens is 2. The summed E-state index contributed by atoms with van der Waals surface area (Å²) < 4.78 is 5.26. The summed E-state index contributed by atoms with van der Waals surface area (Å²) in [4.78, 5) is 17.6. The second-order valence-electron chi connectivity index (χ2n) is 5.40. The average molecular weight is 342 g/mol. The molecule has 0 saturated heterocycles. The Bertz CT molecular complexity index is 786. The Labute approximate surface area is 143 Å². The number of amides is 2. The largest absolute Gasteiger partial charge is 0.334 e. The van der Waals surface area contributed by atoms with E-state index in [1.54, 1.807) is 11.3 Å². The van der Waals surface area contributed by atoms with E-state index in [-0.39, 0.29) is 18.1 Å². The van der Waals surface area contributed by atoms with Crippen LogP contribution in [0, 0.1) is 0 Å². The van der Waals surface area contributed by atoms with E-state index >= 15 is 0 Å². The zero-order chi connectivity index (χ0) is 16.9. The van der Waals surface area contributed by atoms with Crippen LogP contribution in [0.5, 0.6) is 0 Å². The van der Waals surface area contributed by atoms with E-state index < -0.39 is 0 Å². The molecule has 1 aromatic carbocycles. The van der Waals surface area contributed by atoms with Crippen LogP contribution in [0.1, 0.15) is 36.6 Å². The molecule has 24 heavy (non-hydrogen) atoms. The maximum absolute atomic E-state index is 12.1. The van der Waals surface area contributed by atoms with Gasteiger partial charge in [-0.2, -0.15) is 4.98 Å². The first-order valence-corrected chi connectivity index (χ1v) is 8.51. The molecule has 2 amide bonds. The van der Waals surface area contributed by atoms with E-state index in [0.29, 0.717) is 11.7 Å². The van der Waals surface area contributed by atoms with Gasteiger partial charge in [0, 0.05) is 10.4 Å². The number of hydrogen-bond donors (Lipinski definition) is 2. The molecule has 3 aromatic rings. The van der Waals surface area contributed by atoms with Crippen molar-refractivity contribution in [3.8, 4) is 11.5 Å². The summed E-state index contributed by atoms with van der Waals surface area (Å²) in [5.74, 6) is 0.874. The van der Waals surface area contributed by atoms with E-state index in [9.17, 15) is 4.79 Å². The van der Waals surface area contributed by atoms with Gasteiger partial charge in [-0.1, -0.05) is 29.4 Å². The molecule has 0 bridgehead atoms. The number of hydrogen-bond acceptors (Lipinski definition) is 5. The van der Waals surface area contributed by atoms with Crippen molar-refractivity contribution in [2.24, 2.45) is 0 Å². The lowest BCUT2D eigenvalue weighted by Crippen LogP contribution is -2.38. The number of nitrogens with one attached hydrogen (secondary N) is 2. The molecule has 2 atom stereocenters. The Balaban J connectivity index is 1.60. The minimum Gasteiger partial charge on any atom is -0.334 e. The van der Waals surface area contributed by atoms with Crippen molar-refractivity contribution in [3.63, 3.8) is 0 Å². The third kappa shape index (κ3) is 3.80. The molecule has 0 aliphatic heterocycles. The van der Waals surface area contributed by atoms with E-state index in [1.165, 1.54) is 0 Å². The van der Waals surface area contributed by atoms with Crippen molar-refractivity contribution < 1.29 is 9.32 Å². The van der Waals surface area contributed by atoms with Crippen LogP contribution in [0.25, 0.3) is 11.5 Å². The average Bonchev–Trinajstić information content (AvgIpc) is 3.27. The van der Waals surface area contributed by atoms with Crippen LogP contribution in [-0.2, 0) is 0 Å². The normalized spacial score (nSPS) is 13.2. The molecule has 0 saturated carbocycles. The highest BCUT2D eigenvalue weighted by Gasteiger charge is 2.18. The van der Waals surface area contributed by atoms with Gasteiger partial charge < -0.3 is 15.2 Å². The highest BCUT2D eigenvalue weighted by Crippen LogP contribution is 2.20. The van der Waals surface area contributed by atoms with Crippen LogP contribution < -0.4 is 10.6 Å². The predicted molar refractivity (Wildman–Crippen MR) is 92.6 cm³/mol. The minimum absolute atomic E-state index is 0.0534. The maximum atomic E-state index is 12.1. The van der Waals surface area contributed by atoms with Gasteiger partial charge in [0.2, 0.25) is 0 Å². The molecule has 0 spiro atoms. The summed E-state index contributed by atoms with van der Waals surface area (Å²) in [6.45, 7) is 3.76. The second kappa shape index (κ2) is 7.27. The summed E-state index contributed by atoms with van der Waals surface area (Å²) in [5, 5.41) is 11.7. The Kier molecular flexibility index (Phi) is 4.90. The van der Waals surface area contributed by atoms with Crippen LogP contribution in [0.15, 0.2) is 52.4 Å². The lowest BCUT2D eigenvalue weighted by Gasteiger charge is -2.15. The van der Waals surface area contributed by atoms with Gasteiger partial charge in [0.25, 0.3) is 5.89 Å². The Hall–Kier alpha value is -2.67. The number of benzene rings is 1. The second-order valence-corrected chi connectivity index (χ2v) is 6.38. The number of urea groups is 1. The monoisotopic (exact) mass is 342 g/mol. The first-order chi connectivity index (χ1) is 11.6. The van der Waals surface area contributed by atoms with E-state index in [2.05, 4.69) is 20.8 Å². The lowest BCUT2D eigenvalue weighted by atomic mass is 10.2. The van der Waals surface area contributed by atoms with E-state index in [4.69, 9.17) is 4.52 Å². The van der Waals surface area contributed by atoms with Crippen LogP contribution in [-0.4, -0.2) is 16.2 Å². The molecule has 124 valence electrons. The minimum atomic E-state index is -0.359. The topological polar surface area (TPSA) is 80.0 Å². The first-order valence-electron chi connectivity index (χ1n) is 7.63. The lowest BCUT2D eigenvalue weighted by molar-refractivity contribution is 0.234. The third-order valence-corrected chi connectivity index (χ3v) is 4.57. The van der Waals surface area contributed by atoms with Gasteiger partial charge in [-0.25, -0.2) is 4.79 Å². The van der Waals surface area contributed by atoms with E-state index in [0.717, 1.165) is 10.4 Å². The van der Waals surface area contributed by atoms with Gasteiger partial charge in [-0.05, 0) is 37.4 Å². The Morgan fingerprint density at radius 1 is 1.08 bits per heavy atom. The molecule has 0 fully saturated rings. The van der Waals surface area contributed by atoms with Crippen molar-refractivity contribution in [3.05, 3.63) is 58.5 Å². The predicted octanol–water partition coefficient (Wildman–Crippen LogP) is 3.92. The molecule has 0 unspecified atom stereocenters. The zero-order valence-electron chi connectivity index (χ0n) is 13.4. The van der Waals surface area contributed by atoms with Crippen LogP contribution in [0.4, 0.5) is 4.79 Å². The van der Waals surface area contributed by atoms with Gasteiger partial charge in [-0.3, -0.25) is 0 Å². The molecule has 2 heterocycles. The molecule has 7 heteroatoms. The molecule has 2 N–H and O–H groups in total. The number of carbonyl (C=O) groups excluding carboxylic acids is 1. The molecule has 0 radical (unpaired) electrons. The molecule has 0 aliphatic carbocycles. The first kappa shape index (κ1) is 16.2. The fourth-order valence-corrected chi connectivity index (χ4v) is 2.95. The molecule has 6 nitrogen and oxygen atoms in total. The van der Waals surface area contributed by atoms with Crippen molar-refractivity contribution >= 4 is 17.4 Å². The van der Waals surface area contributed by atoms with Crippen molar-refractivity contribution in [1.82, 2.24) is 20.8 Å². The molecule has 0 aliphatic rings. The standard InChI is InChI=1S/C17H18N4O2S/c1-11(14-9-6-10-24-14)18-17(22)19-12(2)15-20-16(23-21-15)13-7-4-3-5-8-13/h3-12H,1-2H3,(H2,18,19,22)/t11-,12+/m0/s1. The SMILES string of the molecule is C[C@H](NC(=O)N[C@H](C)c1noc(-c2ccccc2)n1)c1cccs1. The third-order valence-electron chi connectivity index (χ3n) is 3.51. The molecular formula is C17H18N4O2S. The highest BCUT2D eigenvalue weighted by molar-refractivity contribution is 7.10. The van der Waals surface area contributed by atoms with E-state index in [1.807, 2.05) is 61.7 Å². The van der Waals surface area contributed by atoms with Crippen LogP contribution in [0.2, 0.25) is 0 Å². The summed E-state index contributed by atoms with van der Waals surface area (Å²) in [7, 11) is 0. The summed E-state index contributed by atoms with van der Waals surface area (Å²) in [6.07, 6.45) is 0.